The summed E-state index contributed by atoms with van der Waals surface area (Å²) in [5, 5.41) is 12.0. The Labute approximate surface area is 222 Å². The third kappa shape index (κ3) is 6.22. The number of aromatic nitrogens is 1. The van der Waals surface area contributed by atoms with Crippen molar-refractivity contribution < 1.29 is 19.5 Å². The number of urea groups is 1. The molecule has 10 heteroatoms. The molecule has 0 spiro atoms. The third-order valence-electron chi connectivity index (χ3n) is 7.37. The predicted octanol–water partition coefficient (Wildman–Crippen LogP) is 3.35. The number of hydrogen-bond donors (Lipinski definition) is 2. The number of aryl methyl sites for hydroxylation is 3. The minimum Gasteiger partial charge on any atom is -0.480 e. The summed E-state index contributed by atoms with van der Waals surface area (Å²) in [6, 6.07) is 6.82. The van der Waals surface area contributed by atoms with Gasteiger partial charge in [-0.25, -0.2) is 4.79 Å². The van der Waals surface area contributed by atoms with Gasteiger partial charge < -0.3 is 20.2 Å². The van der Waals surface area contributed by atoms with Gasteiger partial charge in [-0.2, -0.15) is 0 Å². The van der Waals surface area contributed by atoms with Crippen LogP contribution in [0.1, 0.15) is 33.6 Å². The van der Waals surface area contributed by atoms with Crippen LogP contribution >= 0.6 is 11.6 Å². The highest BCUT2D eigenvalue weighted by atomic mass is 35.5. The number of carboxylic acid groups (broad SMARTS) is 1. The minimum atomic E-state index is -1.10. The number of fused-ring (bicyclic) bond motifs is 1. The first-order valence-corrected chi connectivity index (χ1v) is 13.0. The summed E-state index contributed by atoms with van der Waals surface area (Å²) in [5.41, 5.74) is 3.99. The summed E-state index contributed by atoms with van der Waals surface area (Å²) in [6.45, 7) is 9.85. The van der Waals surface area contributed by atoms with E-state index in [1.807, 2.05) is 43.9 Å². The molecule has 0 aliphatic carbocycles. The number of carbonyl (C=O) groups excluding carboxylic acids is 2. The maximum Gasteiger partial charge on any atom is 0.323 e. The molecule has 2 fully saturated rings. The Balaban J connectivity index is 1.32. The van der Waals surface area contributed by atoms with E-state index in [1.165, 1.54) is 0 Å². The molecule has 0 saturated carbocycles. The maximum atomic E-state index is 13.2. The predicted molar refractivity (Wildman–Crippen MR) is 142 cm³/mol. The molecule has 2 saturated heterocycles. The number of nitrogens with zero attached hydrogens (tertiary/aromatic N) is 4. The summed E-state index contributed by atoms with van der Waals surface area (Å²) in [7, 11) is 0. The zero-order valence-electron chi connectivity index (χ0n) is 21.5. The second-order valence-corrected chi connectivity index (χ2v) is 10.5. The molecule has 0 bridgehead atoms. The number of carboxylic acids is 1. The lowest BCUT2D eigenvalue weighted by atomic mass is 10.0. The number of nitrogens with one attached hydrogen (secondary N) is 1. The first-order valence-electron chi connectivity index (χ1n) is 12.6. The summed E-state index contributed by atoms with van der Waals surface area (Å²) in [5.74, 6) is -0.150. The molecule has 2 atom stereocenters. The molecule has 37 heavy (non-hydrogen) atoms. The van der Waals surface area contributed by atoms with Crippen LogP contribution in [-0.4, -0.2) is 83.6 Å². The SMILES string of the molecule is Cc1ccc(N(CCCN2CC3CN(C(=O)c4c(C)ccnc4C)CC3C2)C(=O)NCC(=O)O)cc1Cl. The fourth-order valence-corrected chi connectivity index (χ4v) is 5.59. The van der Waals surface area contributed by atoms with E-state index in [1.54, 1.807) is 17.2 Å². The van der Waals surface area contributed by atoms with Gasteiger partial charge in [0.1, 0.15) is 6.54 Å². The second kappa shape index (κ2) is 11.5. The molecule has 2 N–H and O–H groups in total. The van der Waals surface area contributed by atoms with Crippen LogP contribution in [0, 0.1) is 32.6 Å². The lowest BCUT2D eigenvalue weighted by Crippen LogP contribution is -2.43. The molecule has 198 valence electrons. The van der Waals surface area contributed by atoms with E-state index in [2.05, 4.69) is 15.2 Å². The van der Waals surface area contributed by atoms with Crippen LogP contribution in [0.3, 0.4) is 0 Å². The van der Waals surface area contributed by atoms with E-state index in [4.69, 9.17) is 16.7 Å². The van der Waals surface area contributed by atoms with Crippen LogP contribution in [0.25, 0.3) is 0 Å². The molecule has 2 aliphatic rings. The molecule has 1 aromatic carbocycles. The van der Waals surface area contributed by atoms with Crippen LogP contribution in [-0.2, 0) is 4.79 Å². The molecule has 3 amide bonds. The highest BCUT2D eigenvalue weighted by Gasteiger charge is 2.42. The molecule has 1 aromatic heterocycles. The second-order valence-electron chi connectivity index (χ2n) is 10.1. The van der Waals surface area contributed by atoms with Crippen molar-refractivity contribution >= 4 is 35.2 Å². The van der Waals surface area contributed by atoms with Crippen LogP contribution < -0.4 is 10.2 Å². The molecule has 4 rings (SSSR count). The van der Waals surface area contributed by atoms with Crippen LogP contribution in [0.15, 0.2) is 30.5 Å². The topological polar surface area (TPSA) is 106 Å². The average molecular weight is 528 g/mol. The molecule has 2 aromatic rings. The van der Waals surface area contributed by atoms with Crippen molar-refractivity contribution in [2.45, 2.75) is 27.2 Å². The number of likely N-dealkylation sites (tertiary alicyclic amines) is 2. The van der Waals surface area contributed by atoms with Gasteiger partial charge in [0.2, 0.25) is 0 Å². The zero-order chi connectivity index (χ0) is 26.7. The number of hydrogen-bond acceptors (Lipinski definition) is 5. The van der Waals surface area contributed by atoms with Gasteiger partial charge in [0.05, 0.1) is 11.3 Å². The smallest absolute Gasteiger partial charge is 0.323 e. The summed E-state index contributed by atoms with van der Waals surface area (Å²) >= 11 is 6.28. The van der Waals surface area contributed by atoms with Crippen LogP contribution in [0.2, 0.25) is 5.02 Å². The van der Waals surface area contributed by atoms with Crippen molar-refractivity contribution in [1.82, 2.24) is 20.1 Å². The lowest BCUT2D eigenvalue weighted by molar-refractivity contribution is -0.135. The number of benzene rings is 1. The Morgan fingerprint density at radius 1 is 1.08 bits per heavy atom. The fourth-order valence-electron chi connectivity index (χ4n) is 5.41. The molecular weight excluding hydrogens is 494 g/mol. The first kappa shape index (κ1) is 26.9. The molecule has 9 nitrogen and oxygen atoms in total. The first-order chi connectivity index (χ1) is 17.6. The highest BCUT2D eigenvalue weighted by molar-refractivity contribution is 6.31. The van der Waals surface area contributed by atoms with Crippen molar-refractivity contribution in [3.63, 3.8) is 0 Å². The Bertz CT molecular complexity index is 1160. The van der Waals surface area contributed by atoms with Crippen molar-refractivity contribution in [3.05, 3.63) is 57.9 Å². The van der Waals surface area contributed by atoms with Gasteiger partial charge in [-0.15, -0.1) is 0 Å². The molecule has 2 unspecified atom stereocenters. The normalized spacial score (nSPS) is 19.1. The third-order valence-corrected chi connectivity index (χ3v) is 7.78. The lowest BCUT2D eigenvalue weighted by Gasteiger charge is -2.26. The van der Waals surface area contributed by atoms with Crippen LogP contribution in [0.5, 0.6) is 0 Å². The summed E-state index contributed by atoms with van der Waals surface area (Å²) < 4.78 is 0. The summed E-state index contributed by atoms with van der Waals surface area (Å²) in [6.07, 6.45) is 2.46. The standard InChI is InChI=1S/C27H34ClN5O4/c1-17-5-6-22(11-23(17)28)33(27(37)30-12-24(34)35)10-4-9-31-13-20-15-32(16-21(20)14-31)26(36)25-18(2)7-8-29-19(25)3/h5-8,11,20-21H,4,9-10,12-16H2,1-3H3,(H,30,37)(H,34,35). The molecule has 0 radical (unpaired) electrons. The average Bonchev–Trinajstić information content (AvgIpc) is 3.41. The highest BCUT2D eigenvalue weighted by Crippen LogP contribution is 2.32. The van der Waals surface area contributed by atoms with Crippen molar-refractivity contribution in [2.24, 2.45) is 11.8 Å². The largest absolute Gasteiger partial charge is 0.480 e. The van der Waals surface area contributed by atoms with Crippen molar-refractivity contribution in [1.29, 1.82) is 0 Å². The van der Waals surface area contributed by atoms with E-state index < -0.39 is 18.5 Å². The number of carbonyl (C=O) groups is 3. The quantitative estimate of drug-likeness (QED) is 0.545. The van der Waals surface area contributed by atoms with E-state index in [0.717, 1.165) is 61.5 Å². The number of aliphatic carboxylic acids is 1. The fraction of sp³-hybridized carbons (Fsp3) is 0.481. The monoisotopic (exact) mass is 527 g/mol. The number of anilines is 1. The van der Waals surface area contributed by atoms with E-state index in [-0.39, 0.29) is 5.91 Å². The Kier molecular flexibility index (Phi) is 8.34. The molecular formula is C27H34ClN5O4. The van der Waals surface area contributed by atoms with Gasteiger partial charge in [0.15, 0.2) is 0 Å². The van der Waals surface area contributed by atoms with Crippen molar-refractivity contribution in [2.75, 3.05) is 50.7 Å². The van der Waals surface area contributed by atoms with Gasteiger partial charge in [-0.1, -0.05) is 17.7 Å². The van der Waals surface area contributed by atoms with Gasteiger partial charge in [0.25, 0.3) is 5.91 Å². The number of pyridine rings is 1. The maximum absolute atomic E-state index is 13.2. The minimum absolute atomic E-state index is 0.0730. The molecule has 2 aliphatic heterocycles. The van der Waals surface area contributed by atoms with E-state index in [0.29, 0.717) is 29.1 Å². The molecule has 3 heterocycles. The number of rotatable bonds is 8. The van der Waals surface area contributed by atoms with Crippen molar-refractivity contribution in [3.8, 4) is 0 Å². The van der Waals surface area contributed by atoms with E-state index >= 15 is 0 Å². The van der Waals surface area contributed by atoms with E-state index in [9.17, 15) is 14.4 Å². The van der Waals surface area contributed by atoms with Gasteiger partial charge in [-0.3, -0.25) is 19.5 Å². The Morgan fingerprint density at radius 3 is 2.41 bits per heavy atom. The summed E-state index contributed by atoms with van der Waals surface area (Å²) in [4.78, 5) is 47.1. The Hall–Kier alpha value is -3.17. The number of amides is 3. The Morgan fingerprint density at radius 2 is 1.78 bits per heavy atom. The van der Waals surface area contributed by atoms with Gasteiger partial charge >= 0.3 is 12.0 Å². The van der Waals surface area contributed by atoms with Crippen LogP contribution in [0.4, 0.5) is 10.5 Å². The zero-order valence-corrected chi connectivity index (χ0v) is 22.3. The number of halogens is 1. The van der Waals surface area contributed by atoms with Gasteiger partial charge in [-0.05, 0) is 74.9 Å². The van der Waals surface area contributed by atoms with Gasteiger partial charge in [0, 0.05) is 49.6 Å².